The molecule has 2 aromatic rings. The molecule has 0 unspecified atom stereocenters. The number of carbonyl (C=O) groups is 1. The lowest BCUT2D eigenvalue weighted by atomic mass is 9.99. The van der Waals surface area contributed by atoms with Gasteiger partial charge < -0.3 is 15.0 Å². The molecular formula is C25H34N2O2. The summed E-state index contributed by atoms with van der Waals surface area (Å²) in [5.74, 6) is 1.40. The minimum absolute atomic E-state index is 0.0676. The van der Waals surface area contributed by atoms with Crippen molar-refractivity contribution >= 4 is 11.6 Å². The lowest BCUT2D eigenvalue weighted by Crippen LogP contribution is -2.38. The third-order valence-corrected chi connectivity index (χ3v) is 5.78. The van der Waals surface area contributed by atoms with E-state index in [-0.39, 0.29) is 11.9 Å². The molecule has 0 aromatic heterocycles. The van der Waals surface area contributed by atoms with Crippen molar-refractivity contribution in [2.75, 3.05) is 18.0 Å². The van der Waals surface area contributed by atoms with Gasteiger partial charge in [0.15, 0.2) is 6.10 Å². The lowest BCUT2D eigenvalue weighted by molar-refractivity contribution is -0.127. The van der Waals surface area contributed by atoms with Crippen LogP contribution in [0.4, 0.5) is 5.69 Å². The number of hydrogen-bond donors (Lipinski definition) is 1. The van der Waals surface area contributed by atoms with Gasteiger partial charge in [0.25, 0.3) is 5.91 Å². The first kappa shape index (κ1) is 21.2. The van der Waals surface area contributed by atoms with Gasteiger partial charge in [0.1, 0.15) is 5.75 Å². The molecule has 0 radical (unpaired) electrons. The van der Waals surface area contributed by atoms with Gasteiger partial charge in [-0.3, -0.25) is 4.79 Å². The van der Waals surface area contributed by atoms with Crippen molar-refractivity contribution in [1.29, 1.82) is 0 Å². The largest absolute Gasteiger partial charge is 0.481 e. The zero-order valence-electron chi connectivity index (χ0n) is 18.4. The predicted molar refractivity (Wildman–Crippen MR) is 120 cm³/mol. The Kier molecular flexibility index (Phi) is 6.83. The average molecular weight is 395 g/mol. The summed E-state index contributed by atoms with van der Waals surface area (Å²) in [5, 5.41) is 3.08. The van der Waals surface area contributed by atoms with Crippen LogP contribution in [0, 0.1) is 19.8 Å². The fourth-order valence-corrected chi connectivity index (χ4v) is 3.99. The van der Waals surface area contributed by atoms with Gasteiger partial charge in [-0.2, -0.15) is 0 Å². The first-order valence-corrected chi connectivity index (χ1v) is 10.7. The van der Waals surface area contributed by atoms with Gasteiger partial charge in [-0.25, -0.2) is 0 Å². The summed E-state index contributed by atoms with van der Waals surface area (Å²) in [7, 11) is 0. The number of nitrogens with one attached hydrogen (secondary N) is 1. The topological polar surface area (TPSA) is 41.6 Å². The van der Waals surface area contributed by atoms with Crippen LogP contribution in [0.5, 0.6) is 5.75 Å². The average Bonchev–Trinajstić information content (AvgIpc) is 2.70. The molecule has 1 heterocycles. The molecule has 1 amide bonds. The van der Waals surface area contributed by atoms with Crippen molar-refractivity contribution in [2.45, 2.75) is 59.6 Å². The minimum atomic E-state index is -0.548. The van der Waals surface area contributed by atoms with Crippen LogP contribution in [0.2, 0.25) is 0 Å². The Bertz CT molecular complexity index is 831. The molecule has 4 nitrogen and oxygen atoms in total. The third kappa shape index (κ3) is 5.53. The van der Waals surface area contributed by atoms with E-state index in [2.05, 4.69) is 47.5 Å². The molecule has 3 atom stereocenters. The van der Waals surface area contributed by atoms with Crippen LogP contribution in [0.3, 0.4) is 0 Å². The molecule has 1 aliphatic rings. The quantitative estimate of drug-likeness (QED) is 0.733. The summed E-state index contributed by atoms with van der Waals surface area (Å²) < 4.78 is 5.89. The molecule has 29 heavy (non-hydrogen) atoms. The third-order valence-electron chi connectivity index (χ3n) is 5.78. The number of benzene rings is 2. The summed E-state index contributed by atoms with van der Waals surface area (Å²) in [5.41, 5.74) is 4.60. The van der Waals surface area contributed by atoms with Crippen LogP contribution in [-0.2, 0) is 4.79 Å². The smallest absolute Gasteiger partial charge is 0.261 e. The number of piperidine rings is 1. The van der Waals surface area contributed by atoms with Crippen LogP contribution < -0.4 is 15.0 Å². The molecule has 156 valence electrons. The fraction of sp³-hybridized carbons (Fsp3) is 0.480. The van der Waals surface area contributed by atoms with Gasteiger partial charge in [-0.1, -0.05) is 36.8 Å². The molecule has 0 aliphatic carbocycles. The van der Waals surface area contributed by atoms with Crippen molar-refractivity contribution in [3.8, 4) is 5.75 Å². The predicted octanol–water partition coefficient (Wildman–Crippen LogP) is 5.18. The fourth-order valence-electron chi connectivity index (χ4n) is 3.99. The van der Waals surface area contributed by atoms with Crippen LogP contribution in [0.1, 0.15) is 56.3 Å². The van der Waals surface area contributed by atoms with E-state index in [1.807, 2.05) is 32.9 Å². The first-order valence-electron chi connectivity index (χ1n) is 10.7. The van der Waals surface area contributed by atoms with Crippen LogP contribution in [-0.4, -0.2) is 25.1 Å². The SMILES string of the molecule is Cc1ccc(O[C@@H](C)C(=O)N[C@@H](C)c2ccc(N3CCC[C@@H](C)C3)cc2)c(C)c1. The van der Waals surface area contributed by atoms with E-state index < -0.39 is 6.10 Å². The Morgan fingerprint density at radius 3 is 2.52 bits per heavy atom. The summed E-state index contributed by atoms with van der Waals surface area (Å²) in [6, 6.07) is 14.5. The molecular weight excluding hydrogens is 360 g/mol. The number of nitrogens with zero attached hydrogens (tertiary/aromatic N) is 1. The molecule has 1 aliphatic heterocycles. The Morgan fingerprint density at radius 1 is 1.14 bits per heavy atom. The number of rotatable bonds is 6. The van der Waals surface area contributed by atoms with E-state index in [0.717, 1.165) is 35.9 Å². The van der Waals surface area contributed by atoms with Crippen molar-refractivity contribution in [1.82, 2.24) is 5.32 Å². The van der Waals surface area contributed by atoms with E-state index >= 15 is 0 Å². The number of ether oxygens (including phenoxy) is 1. The molecule has 1 saturated heterocycles. The van der Waals surface area contributed by atoms with Crippen molar-refractivity contribution in [3.05, 3.63) is 59.2 Å². The second-order valence-electron chi connectivity index (χ2n) is 8.54. The Hall–Kier alpha value is -2.49. The van der Waals surface area contributed by atoms with E-state index in [0.29, 0.717) is 0 Å². The maximum Gasteiger partial charge on any atom is 0.261 e. The zero-order valence-corrected chi connectivity index (χ0v) is 18.4. The highest BCUT2D eigenvalue weighted by molar-refractivity contribution is 5.81. The number of hydrogen-bond acceptors (Lipinski definition) is 3. The molecule has 0 saturated carbocycles. The maximum absolute atomic E-state index is 12.6. The van der Waals surface area contributed by atoms with Crippen molar-refractivity contribution < 1.29 is 9.53 Å². The highest BCUT2D eigenvalue weighted by Crippen LogP contribution is 2.25. The van der Waals surface area contributed by atoms with Crippen LogP contribution in [0.25, 0.3) is 0 Å². The number of anilines is 1. The van der Waals surface area contributed by atoms with E-state index in [4.69, 9.17) is 4.74 Å². The first-order chi connectivity index (χ1) is 13.8. The lowest BCUT2D eigenvalue weighted by Gasteiger charge is -2.33. The van der Waals surface area contributed by atoms with E-state index in [9.17, 15) is 4.79 Å². The van der Waals surface area contributed by atoms with Gasteiger partial charge in [0.2, 0.25) is 0 Å². The van der Waals surface area contributed by atoms with Gasteiger partial charge in [-0.05, 0) is 75.8 Å². The van der Waals surface area contributed by atoms with E-state index in [1.54, 1.807) is 6.92 Å². The molecule has 4 heteroatoms. The summed E-state index contributed by atoms with van der Waals surface area (Å²) in [4.78, 5) is 15.1. The molecule has 2 aromatic carbocycles. The maximum atomic E-state index is 12.6. The van der Waals surface area contributed by atoms with E-state index in [1.165, 1.54) is 24.1 Å². The molecule has 0 bridgehead atoms. The second kappa shape index (κ2) is 9.34. The zero-order chi connectivity index (χ0) is 21.0. The van der Waals surface area contributed by atoms with Crippen molar-refractivity contribution in [3.63, 3.8) is 0 Å². The molecule has 0 spiro atoms. The van der Waals surface area contributed by atoms with Crippen LogP contribution in [0.15, 0.2) is 42.5 Å². The van der Waals surface area contributed by atoms with Gasteiger partial charge in [0, 0.05) is 18.8 Å². The number of carbonyl (C=O) groups excluding carboxylic acids is 1. The second-order valence-corrected chi connectivity index (χ2v) is 8.54. The number of amides is 1. The monoisotopic (exact) mass is 394 g/mol. The standard InChI is InChI=1S/C25H34N2O2/c1-17-8-13-24(19(3)15-17)29-21(5)25(28)26-20(4)22-9-11-23(12-10-22)27-14-6-7-18(2)16-27/h8-13,15,18,20-21H,6-7,14,16H2,1-5H3,(H,26,28)/t18-,20+,21+/m1/s1. The molecule has 1 N–H and O–H groups in total. The van der Waals surface area contributed by atoms with Crippen LogP contribution >= 0.6 is 0 Å². The molecule has 1 fully saturated rings. The minimum Gasteiger partial charge on any atom is -0.481 e. The Morgan fingerprint density at radius 2 is 1.86 bits per heavy atom. The van der Waals surface area contributed by atoms with Crippen molar-refractivity contribution in [2.24, 2.45) is 5.92 Å². The Labute approximate surface area is 175 Å². The highest BCUT2D eigenvalue weighted by Gasteiger charge is 2.20. The molecule has 3 rings (SSSR count). The van der Waals surface area contributed by atoms with Gasteiger partial charge in [0.05, 0.1) is 6.04 Å². The highest BCUT2D eigenvalue weighted by atomic mass is 16.5. The Balaban J connectivity index is 1.57. The normalized spacial score (nSPS) is 18.8. The van der Waals surface area contributed by atoms with Gasteiger partial charge >= 0.3 is 0 Å². The summed E-state index contributed by atoms with van der Waals surface area (Å²) >= 11 is 0. The summed E-state index contributed by atoms with van der Waals surface area (Å²) in [6.45, 7) is 12.4. The number of aryl methyl sites for hydroxylation is 2. The van der Waals surface area contributed by atoms with Gasteiger partial charge in [-0.15, -0.1) is 0 Å². The summed E-state index contributed by atoms with van der Waals surface area (Å²) in [6.07, 6.45) is 2.03.